The second kappa shape index (κ2) is 7.40. The lowest BCUT2D eigenvalue weighted by atomic mass is 10.2. The number of halogens is 1. The van der Waals surface area contributed by atoms with E-state index in [0.29, 0.717) is 18.5 Å². The monoisotopic (exact) mass is 338 g/mol. The van der Waals surface area contributed by atoms with Crippen molar-refractivity contribution in [3.05, 3.63) is 40.2 Å². The Balaban J connectivity index is 1.91. The lowest BCUT2D eigenvalue weighted by Gasteiger charge is -2.13. The SMILES string of the molecule is CCCNCc1nnc(N(C)Cc2ccc(Br)cc2)o1. The number of nitrogens with one attached hydrogen (secondary N) is 1. The van der Waals surface area contributed by atoms with Crippen molar-refractivity contribution in [2.24, 2.45) is 0 Å². The van der Waals surface area contributed by atoms with Gasteiger partial charge in [-0.15, -0.1) is 5.10 Å². The number of hydrogen-bond donors (Lipinski definition) is 1. The van der Waals surface area contributed by atoms with E-state index in [1.165, 1.54) is 5.56 Å². The van der Waals surface area contributed by atoms with Gasteiger partial charge in [0.2, 0.25) is 5.89 Å². The van der Waals surface area contributed by atoms with Gasteiger partial charge in [0.15, 0.2) is 0 Å². The first-order valence-electron chi connectivity index (χ1n) is 6.67. The zero-order valence-corrected chi connectivity index (χ0v) is 13.4. The average molecular weight is 339 g/mol. The van der Waals surface area contributed by atoms with Gasteiger partial charge in [0.25, 0.3) is 0 Å². The van der Waals surface area contributed by atoms with Crippen LogP contribution in [0.15, 0.2) is 33.2 Å². The van der Waals surface area contributed by atoms with Gasteiger partial charge in [-0.3, -0.25) is 0 Å². The highest BCUT2D eigenvalue weighted by molar-refractivity contribution is 9.10. The Morgan fingerprint density at radius 1 is 1.25 bits per heavy atom. The molecule has 0 saturated carbocycles. The summed E-state index contributed by atoms with van der Waals surface area (Å²) < 4.78 is 6.69. The summed E-state index contributed by atoms with van der Waals surface area (Å²) in [7, 11) is 1.94. The van der Waals surface area contributed by atoms with Gasteiger partial charge in [0, 0.05) is 18.1 Å². The molecule has 1 aromatic carbocycles. The van der Waals surface area contributed by atoms with Crippen LogP contribution in [0.4, 0.5) is 6.01 Å². The first-order valence-corrected chi connectivity index (χ1v) is 7.47. The van der Waals surface area contributed by atoms with Crippen LogP contribution >= 0.6 is 15.9 Å². The molecule has 2 rings (SSSR count). The molecule has 1 heterocycles. The molecule has 0 unspecified atom stereocenters. The maximum atomic E-state index is 5.62. The predicted molar refractivity (Wildman–Crippen MR) is 82.5 cm³/mol. The second-order valence-corrected chi connectivity index (χ2v) is 5.55. The summed E-state index contributed by atoms with van der Waals surface area (Å²) in [6.07, 6.45) is 1.09. The molecule has 5 nitrogen and oxygen atoms in total. The molecule has 0 aliphatic heterocycles. The van der Waals surface area contributed by atoms with Crippen LogP contribution in [0.25, 0.3) is 0 Å². The Kier molecular flexibility index (Phi) is 5.55. The number of nitrogens with zero attached hydrogens (tertiary/aromatic N) is 3. The van der Waals surface area contributed by atoms with Crippen LogP contribution in [0, 0.1) is 0 Å². The number of benzene rings is 1. The fourth-order valence-electron chi connectivity index (χ4n) is 1.77. The van der Waals surface area contributed by atoms with Crippen LogP contribution < -0.4 is 10.2 Å². The van der Waals surface area contributed by atoms with E-state index in [2.05, 4.69) is 50.5 Å². The van der Waals surface area contributed by atoms with Gasteiger partial charge in [-0.05, 0) is 30.7 Å². The average Bonchev–Trinajstić information content (AvgIpc) is 2.91. The van der Waals surface area contributed by atoms with Crippen LogP contribution in [0.3, 0.4) is 0 Å². The van der Waals surface area contributed by atoms with E-state index in [-0.39, 0.29) is 0 Å². The van der Waals surface area contributed by atoms with Gasteiger partial charge in [-0.2, -0.15) is 0 Å². The predicted octanol–water partition coefficient (Wildman–Crippen LogP) is 2.97. The van der Waals surface area contributed by atoms with Gasteiger partial charge in [-0.25, -0.2) is 0 Å². The van der Waals surface area contributed by atoms with E-state index < -0.39 is 0 Å². The zero-order valence-electron chi connectivity index (χ0n) is 11.8. The first-order chi connectivity index (χ1) is 9.69. The fraction of sp³-hybridized carbons (Fsp3) is 0.429. The zero-order chi connectivity index (χ0) is 14.4. The number of aromatic nitrogens is 2. The maximum Gasteiger partial charge on any atom is 0.318 e. The van der Waals surface area contributed by atoms with E-state index in [1.807, 2.05) is 24.1 Å². The summed E-state index contributed by atoms with van der Waals surface area (Å²) in [5.41, 5.74) is 1.19. The molecule has 1 aromatic heterocycles. The summed E-state index contributed by atoms with van der Waals surface area (Å²) in [6.45, 7) is 4.43. The molecule has 0 aliphatic carbocycles. The third-order valence-electron chi connectivity index (χ3n) is 2.82. The van der Waals surface area contributed by atoms with Crippen molar-refractivity contribution in [3.63, 3.8) is 0 Å². The highest BCUT2D eigenvalue weighted by Gasteiger charge is 2.10. The Morgan fingerprint density at radius 3 is 2.70 bits per heavy atom. The molecule has 0 bridgehead atoms. The molecule has 0 saturated heterocycles. The van der Waals surface area contributed by atoms with E-state index in [1.54, 1.807) is 0 Å². The number of hydrogen-bond acceptors (Lipinski definition) is 5. The standard InChI is InChI=1S/C14H19BrN4O/c1-3-8-16-9-13-17-18-14(20-13)19(2)10-11-4-6-12(15)7-5-11/h4-7,16H,3,8-10H2,1-2H3. The van der Waals surface area contributed by atoms with Gasteiger partial charge in [0.05, 0.1) is 6.54 Å². The van der Waals surface area contributed by atoms with Crippen LogP contribution in [0.5, 0.6) is 0 Å². The lowest BCUT2D eigenvalue weighted by Crippen LogP contribution is -2.16. The third kappa shape index (κ3) is 4.31. The Morgan fingerprint density at radius 2 is 2.00 bits per heavy atom. The summed E-state index contributed by atoms with van der Waals surface area (Å²) >= 11 is 3.43. The molecular weight excluding hydrogens is 320 g/mol. The van der Waals surface area contributed by atoms with Crippen LogP contribution in [-0.4, -0.2) is 23.8 Å². The largest absolute Gasteiger partial charge is 0.407 e. The van der Waals surface area contributed by atoms with Crippen molar-refractivity contribution in [1.29, 1.82) is 0 Å². The minimum atomic E-state index is 0.543. The lowest BCUT2D eigenvalue weighted by molar-refractivity contribution is 0.465. The van der Waals surface area contributed by atoms with Crippen molar-refractivity contribution >= 4 is 21.9 Å². The molecular formula is C14H19BrN4O. The molecule has 6 heteroatoms. The van der Waals surface area contributed by atoms with Crippen LogP contribution in [-0.2, 0) is 13.1 Å². The Labute approximate surface area is 127 Å². The second-order valence-electron chi connectivity index (χ2n) is 4.64. The van der Waals surface area contributed by atoms with Gasteiger partial charge < -0.3 is 14.6 Å². The third-order valence-corrected chi connectivity index (χ3v) is 3.35. The van der Waals surface area contributed by atoms with E-state index in [4.69, 9.17) is 4.42 Å². The molecule has 0 radical (unpaired) electrons. The first kappa shape index (κ1) is 15.0. The maximum absolute atomic E-state index is 5.62. The van der Waals surface area contributed by atoms with Gasteiger partial charge >= 0.3 is 6.01 Å². The topological polar surface area (TPSA) is 54.2 Å². The summed E-state index contributed by atoms with van der Waals surface area (Å²) in [5.74, 6) is 0.621. The molecule has 0 aliphatic rings. The van der Waals surface area contributed by atoms with E-state index in [9.17, 15) is 0 Å². The highest BCUT2D eigenvalue weighted by Crippen LogP contribution is 2.16. The van der Waals surface area contributed by atoms with Crippen LogP contribution in [0.2, 0.25) is 0 Å². The highest BCUT2D eigenvalue weighted by atomic mass is 79.9. The van der Waals surface area contributed by atoms with Crippen molar-refractivity contribution in [1.82, 2.24) is 15.5 Å². The summed E-state index contributed by atoms with van der Waals surface area (Å²) in [4.78, 5) is 1.94. The summed E-state index contributed by atoms with van der Waals surface area (Å²) in [6, 6.07) is 8.73. The van der Waals surface area contributed by atoms with Crippen molar-refractivity contribution < 1.29 is 4.42 Å². The minimum absolute atomic E-state index is 0.543. The summed E-state index contributed by atoms with van der Waals surface area (Å²) in [5, 5.41) is 11.3. The molecule has 0 spiro atoms. The van der Waals surface area contributed by atoms with Crippen molar-refractivity contribution in [2.45, 2.75) is 26.4 Å². The van der Waals surface area contributed by atoms with Crippen molar-refractivity contribution in [3.8, 4) is 0 Å². The fourth-order valence-corrected chi connectivity index (χ4v) is 2.04. The molecule has 20 heavy (non-hydrogen) atoms. The molecule has 1 N–H and O–H groups in total. The molecule has 0 amide bonds. The number of rotatable bonds is 7. The van der Waals surface area contributed by atoms with Gasteiger partial charge in [-0.1, -0.05) is 40.1 Å². The van der Waals surface area contributed by atoms with E-state index in [0.717, 1.165) is 24.0 Å². The molecule has 108 valence electrons. The smallest absolute Gasteiger partial charge is 0.318 e. The number of anilines is 1. The Hall–Kier alpha value is -1.40. The normalized spacial score (nSPS) is 10.8. The molecule has 0 fully saturated rings. The molecule has 0 atom stereocenters. The van der Waals surface area contributed by atoms with Gasteiger partial charge in [0.1, 0.15) is 0 Å². The van der Waals surface area contributed by atoms with Crippen LogP contribution in [0.1, 0.15) is 24.8 Å². The Bertz CT molecular complexity index is 526. The van der Waals surface area contributed by atoms with E-state index >= 15 is 0 Å². The quantitative estimate of drug-likeness (QED) is 0.786. The molecule has 2 aromatic rings. The minimum Gasteiger partial charge on any atom is -0.407 e. The van der Waals surface area contributed by atoms with Crippen molar-refractivity contribution in [2.75, 3.05) is 18.5 Å².